The van der Waals surface area contributed by atoms with E-state index < -0.39 is 35.0 Å². The van der Waals surface area contributed by atoms with E-state index in [0.717, 1.165) is 17.6 Å². The number of rotatable bonds is 3. The maximum atomic E-state index is 14.9. The SMILES string of the molecule is CC1=C[C@]23C(=O)[C@@H](C=C4COC(C)(C)O[C@H]4[C@]2(O)[C@H]1OC(=O)c1c(-c2ccccc2)nn(C)c1C)[C@H]1[C@@H](C[C@H]3C)C1(C)C. The number of hydrogen-bond donors (Lipinski definition) is 1. The molecule has 3 fully saturated rings. The summed E-state index contributed by atoms with van der Waals surface area (Å²) in [4.78, 5) is 29.2. The summed E-state index contributed by atoms with van der Waals surface area (Å²) in [5, 5.41) is 18.0. The second-order valence-electron chi connectivity index (χ2n) is 14.6. The normalized spacial score (nSPS) is 38.5. The van der Waals surface area contributed by atoms with Gasteiger partial charge in [-0.3, -0.25) is 9.48 Å². The van der Waals surface area contributed by atoms with Gasteiger partial charge in [-0.1, -0.05) is 63.3 Å². The zero-order valence-electron chi connectivity index (χ0n) is 26.3. The van der Waals surface area contributed by atoms with Gasteiger partial charge in [0.2, 0.25) is 0 Å². The summed E-state index contributed by atoms with van der Waals surface area (Å²) in [7, 11) is 1.79. The molecule has 43 heavy (non-hydrogen) atoms. The molecule has 0 radical (unpaired) electrons. The highest BCUT2D eigenvalue weighted by molar-refractivity contribution is 5.99. The number of carbonyl (C=O) groups excluding carboxylic acids is 2. The number of Topliss-reactive ketones (excluding diaryl/α,β-unsaturated/α-hetero) is 1. The number of ether oxygens (including phenoxy) is 3. The van der Waals surface area contributed by atoms with Crippen molar-refractivity contribution in [2.45, 2.75) is 78.5 Å². The summed E-state index contributed by atoms with van der Waals surface area (Å²) in [6.07, 6.45) is 2.71. The Balaban J connectivity index is 1.37. The number of fused-ring (bicyclic) bond motifs is 5. The van der Waals surface area contributed by atoms with Crippen LogP contribution in [0.2, 0.25) is 0 Å². The molecule has 8 heteroatoms. The third-order valence-electron chi connectivity index (χ3n) is 11.5. The molecule has 4 aliphatic carbocycles. The maximum absolute atomic E-state index is 14.9. The van der Waals surface area contributed by atoms with Crippen LogP contribution in [0.5, 0.6) is 0 Å². The van der Waals surface area contributed by atoms with Gasteiger partial charge >= 0.3 is 5.97 Å². The van der Waals surface area contributed by atoms with Gasteiger partial charge in [-0.15, -0.1) is 0 Å². The summed E-state index contributed by atoms with van der Waals surface area (Å²) in [6, 6.07) is 9.52. The Morgan fingerprint density at radius 3 is 2.53 bits per heavy atom. The van der Waals surface area contributed by atoms with Crippen LogP contribution in [0.1, 0.15) is 64.0 Å². The van der Waals surface area contributed by atoms with E-state index >= 15 is 0 Å². The van der Waals surface area contributed by atoms with Crippen molar-refractivity contribution in [2.24, 2.45) is 41.5 Å². The van der Waals surface area contributed by atoms with Gasteiger partial charge in [0, 0.05) is 18.5 Å². The Bertz CT molecular complexity index is 1600. The van der Waals surface area contributed by atoms with Crippen LogP contribution in [0, 0.1) is 41.4 Å². The Labute approximate surface area is 253 Å². The molecule has 5 aliphatic rings. The number of esters is 1. The lowest BCUT2D eigenvalue weighted by Gasteiger charge is -2.52. The number of allylic oxidation sites excluding steroid dienone is 1. The van der Waals surface area contributed by atoms with Crippen molar-refractivity contribution in [1.29, 1.82) is 0 Å². The van der Waals surface area contributed by atoms with Crippen molar-refractivity contribution in [1.82, 2.24) is 9.78 Å². The summed E-state index contributed by atoms with van der Waals surface area (Å²) >= 11 is 0. The minimum absolute atomic E-state index is 0.00990. The third kappa shape index (κ3) is 3.69. The molecule has 8 atom stereocenters. The number of ketones is 1. The Morgan fingerprint density at radius 1 is 1.14 bits per heavy atom. The summed E-state index contributed by atoms with van der Waals surface area (Å²) in [5.41, 5.74) is 0.548. The third-order valence-corrected chi connectivity index (χ3v) is 11.5. The first-order chi connectivity index (χ1) is 20.1. The summed E-state index contributed by atoms with van der Waals surface area (Å²) in [5.74, 6) is -1.66. The van der Waals surface area contributed by atoms with Gasteiger partial charge in [0.1, 0.15) is 17.4 Å². The molecule has 1 spiro atoms. The minimum Gasteiger partial charge on any atom is -0.451 e. The van der Waals surface area contributed by atoms with E-state index in [-0.39, 0.29) is 35.6 Å². The standard InChI is InChI=1S/C35H42N2O6/c1-18-16-34-19(2)14-24-26(32(24,4)5)23(28(34)38)15-22-17-41-33(6,7)43-30(22)35(34,40)29(18)42-31(39)25-20(3)37(8)36-27(25)21-12-10-9-11-13-21/h9-13,15-16,19,23-24,26,29-30,40H,14,17H2,1-8H3/t19-,23+,24-,26+,29+,30-,34+,35-/m1/s1. The number of hydrogen-bond acceptors (Lipinski definition) is 7. The van der Waals surface area contributed by atoms with Crippen molar-refractivity contribution in [3.05, 3.63) is 64.9 Å². The molecule has 8 nitrogen and oxygen atoms in total. The first-order valence-electron chi connectivity index (χ1n) is 15.4. The predicted octanol–water partition coefficient (Wildman–Crippen LogP) is 5.19. The van der Waals surface area contributed by atoms with Crippen LogP contribution in [0.4, 0.5) is 0 Å². The first kappa shape index (κ1) is 28.7. The minimum atomic E-state index is -1.87. The molecule has 1 N–H and O–H groups in total. The Hall–Kier alpha value is -3.07. The highest BCUT2D eigenvalue weighted by atomic mass is 16.7. The van der Waals surface area contributed by atoms with Crippen molar-refractivity contribution in [3.63, 3.8) is 0 Å². The molecule has 1 aromatic carbocycles. The zero-order valence-corrected chi connectivity index (χ0v) is 26.3. The van der Waals surface area contributed by atoms with Crippen LogP contribution in [-0.4, -0.2) is 56.8 Å². The van der Waals surface area contributed by atoms with E-state index in [1.165, 1.54) is 0 Å². The van der Waals surface area contributed by atoms with E-state index in [9.17, 15) is 14.7 Å². The fourth-order valence-corrected chi connectivity index (χ4v) is 9.12. The van der Waals surface area contributed by atoms with Crippen LogP contribution in [-0.2, 0) is 26.1 Å². The van der Waals surface area contributed by atoms with Gasteiger partial charge in [-0.25, -0.2) is 4.79 Å². The molecule has 0 amide bonds. The van der Waals surface area contributed by atoms with Crippen LogP contribution in [0.25, 0.3) is 11.3 Å². The monoisotopic (exact) mass is 586 g/mol. The van der Waals surface area contributed by atoms with Gasteiger partial charge in [-0.05, 0) is 68.4 Å². The topological polar surface area (TPSA) is 99.9 Å². The lowest BCUT2D eigenvalue weighted by atomic mass is 9.59. The molecular formula is C35H42N2O6. The first-order valence-corrected chi connectivity index (χ1v) is 15.4. The number of nitrogens with zero attached hydrogens (tertiary/aromatic N) is 2. The van der Waals surface area contributed by atoms with Gasteiger partial charge in [-0.2, -0.15) is 5.10 Å². The zero-order chi connectivity index (χ0) is 30.9. The quantitative estimate of drug-likeness (QED) is 0.391. The van der Waals surface area contributed by atoms with E-state index in [4.69, 9.17) is 14.2 Å². The summed E-state index contributed by atoms with van der Waals surface area (Å²) in [6.45, 7) is 14.1. The highest BCUT2D eigenvalue weighted by Gasteiger charge is 2.77. The number of aliphatic hydroxyl groups is 1. The van der Waals surface area contributed by atoms with Crippen molar-refractivity contribution in [3.8, 4) is 11.3 Å². The van der Waals surface area contributed by atoms with Crippen molar-refractivity contribution < 1.29 is 28.9 Å². The molecule has 1 saturated heterocycles. The van der Waals surface area contributed by atoms with E-state index in [1.807, 2.05) is 70.2 Å². The smallest absolute Gasteiger partial charge is 0.342 e. The molecule has 0 unspecified atom stereocenters. The largest absolute Gasteiger partial charge is 0.451 e. The van der Waals surface area contributed by atoms with Crippen LogP contribution in [0.15, 0.2) is 53.6 Å². The number of carbonyl (C=O) groups is 2. The van der Waals surface area contributed by atoms with Gasteiger partial charge in [0.25, 0.3) is 0 Å². The predicted molar refractivity (Wildman–Crippen MR) is 160 cm³/mol. The summed E-state index contributed by atoms with van der Waals surface area (Å²) < 4.78 is 20.7. The highest BCUT2D eigenvalue weighted by Crippen LogP contribution is 2.72. The van der Waals surface area contributed by atoms with Crippen molar-refractivity contribution >= 4 is 11.8 Å². The Kier molecular flexibility index (Phi) is 6.00. The average Bonchev–Trinajstić information content (AvgIpc) is 3.27. The van der Waals surface area contributed by atoms with E-state index in [0.29, 0.717) is 28.4 Å². The van der Waals surface area contributed by atoms with Crippen LogP contribution >= 0.6 is 0 Å². The fourth-order valence-electron chi connectivity index (χ4n) is 9.12. The lowest BCUT2D eigenvalue weighted by Crippen LogP contribution is -2.68. The molecule has 2 bridgehead atoms. The molecule has 2 heterocycles. The molecule has 1 aromatic heterocycles. The second-order valence-corrected chi connectivity index (χ2v) is 14.6. The molecular weight excluding hydrogens is 544 g/mol. The van der Waals surface area contributed by atoms with Crippen LogP contribution < -0.4 is 0 Å². The Morgan fingerprint density at radius 2 is 1.84 bits per heavy atom. The van der Waals surface area contributed by atoms with Crippen LogP contribution in [0.3, 0.4) is 0 Å². The van der Waals surface area contributed by atoms with Gasteiger partial charge < -0.3 is 19.3 Å². The average molecular weight is 587 g/mol. The number of aromatic nitrogens is 2. The van der Waals surface area contributed by atoms with Gasteiger partial charge in [0.15, 0.2) is 23.3 Å². The maximum Gasteiger partial charge on any atom is 0.342 e. The molecule has 2 aromatic rings. The van der Waals surface area contributed by atoms with Gasteiger partial charge in [0.05, 0.1) is 17.7 Å². The molecule has 2 saturated carbocycles. The second kappa shape index (κ2) is 8.99. The van der Waals surface area contributed by atoms with E-state index in [2.05, 4.69) is 25.9 Å². The molecule has 1 aliphatic heterocycles. The fraction of sp³-hybridized carbons (Fsp3) is 0.571. The lowest BCUT2D eigenvalue weighted by molar-refractivity contribution is -0.302. The number of benzene rings is 1. The molecule has 7 rings (SSSR count). The number of aryl methyl sites for hydroxylation is 1. The van der Waals surface area contributed by atoms with Crippen molar-refractivity contribution in [2.75, 3.05) is 6.61 Å². The van der Waals surface area contributed by atoms with E-state index in [1.54, 1.807) is 11.7 Å². The molecule has 228 valence electrons.